The monoisotopic (exact) mass is 288 g/mol. The molecule has 108 valence electrons. The lowest BCUT2D eigenvalue weighted by Gasteiger charge is -2.13. The molecule has 0 saturated heterocycles. The molecule has 1 aromatic rings. The molecular formula is C15H12O6. The van der Waals surface area contributed by atoms with E-state index in [-0.39, 0.29) is 17.1 Å². The number of methoxy groups -OCH3 is 2. The SMILES string of the molecule is COc1c(O)c2oc3c(OC)cccc3cc-2c(=O)c1O. The molecule has 1 aliphatic carbocycles. The van der Waals surface area contributed by atoms with Crippen LogP contribution in [0.1, 0.15) is 0 Å². The molecule has 1 aliphatic heterocycles. The topological polar surface area (TPSA) is 89.1 Å². The van der Waals surface area contributed by atoms with E-state index in [2.05, 4.69) is 0 Å². The van der Waals surface area contributed by atoms with Gasteiger partial charge in [0, 0.05) is 5.39 Å². The maximum atomic E-state index is 12.1. The summed E-state index contributed by atoms with van der Waals surface area (Å²) in [6.07, 6.45) is 0. The Morgan fingerprint density at radius 2 is 1.86 bits per heavy atom. The van der Waals surface area contributed by atoms with Crippen LogP contribution in [0.3, 0.4) is 0 Å². The summed E-state index contributed by atoms with van der Waals surface area (Å²) in [6, 6.07) is 6.71. The van der Waals surface area contributed by atoms with Crippen molar-refractivity contribution < 1.29 is 24.1 Å². The van der Waals surface area contributed by atoms with Crippen LogP contribution < -0.4 is 14.9 Å². The van der Waals surface area contributed by atoms with Crippen LogP contribution in [0.15, 0.2) is 33.5 Å². The van der Waals surface area contributed by atoms with Gasteiger partial charge in [0.2, 0.25) is 22.7 Å². The quantitative estimate of drug-likeness (QED) is 0.703. The largest absolute Gasteiger partial charge is 0.502 e. The lowest BCUT2D eigenvalue weighted by atomic mass is 10.1. The van der Waals surface area contributed by atoms with Gasteiger partial charge in [0.1, 0.15) is 0 Å². The van der Waals surface area contributed by atoms with Crippen molar-refractivity contribution in [2.45, 2.75) is 0 Å². The summed E-state index contributed by atoms with van der Waals surface area (Å²) in [6.45, 7) is 0. The molecule has 0 amide bonds. The summed E-state index contributed by atoms with van der Waals surface area (Å²) < 4.78 is 15.6. The highest BCUT2D eigenvalue weighted by atomic mass is 16.5. The smallest absolute Gasteiger partial charge is 0.235 e. The maximum Gasteiger partial charge on any atom is 0.235 e. The molecule has 21 heavy (non-hydrogen) atoms. The maximum absolute atomic E-state index is 12.1. The Labute approximate surface area is 119 Å². The van der Waals surface area contributed by atoms with Gasteiger partial charge in [-0.3, -0.25) is 4.79 Å². The summed E-state index contributed by atoms with van der Waals surface area (Å²) in [5.74, 6) is -0.997. The number of phenols is 2. The minimum Gasteiger partial charge on any atom is -0.502 e. The van der Waals surface area contributed by atoms with Gasteiger partial charge >= 0.3 is 0 Å². The highest BCUT2D eigenvalue weighted by Crippen LogP contribution is 2.44. The molecule has 0 unspecified atom stereocenters. The Balaban J connectivity index is 2.53. The van der Waals surface area contributed by atoms with Crippen LogP contribution in [-0.2, 0) is 0 Å². The van der Waals surface area contributed by atoms with Gasteiger partial charge in [0.25, 0.3) is 0 Å². The first kappa shape index (κ1) is 13.1. The number of ether oxygens (including phenoxy) is 2. The molecule has 0 atom stereocenters. The second-order valence-electron chi connectivity index (χ2n) is 4.43. The number of phenolic OH excluding ortho intramolecular Hbond substituents is 2. The fourth-order valence-electron chi connectivity index (χ4n) is 2.28. The third kappa shape index (κ3) is 1.76. The van der Waals surface area contributed by atoms with Gasteiger partial charge in [-0.2, -0.15) is 0 Å². The summed E-state index contributed by atoms with van der Waals surface area (Å²) in [5, 5.41) is 20.5. The normalized spacial score (nSPS) is 11.0. The number of hydrogen-bond donors (Lipinski definition) is 2. The van der Waals surface area contributed by atoms with Gasteiger partial charge in [-0.15, -0.1) is 0 Å². The van der Waals surface area contributed by atoms with E-state index < -0.39 is 16.9 Å². The third-order valence-corrected chi connectivity index (χ3v) is 3.29. The molecule has 6 nitrogen and oxygen atoms in total. The Bertz CT molecular complexity index is 864. The zero-order chi connectivity index (χ0) is 15.1. The Kier molecular flexibility index (Phi) is 2.86. The van der Waals surface area contributed by atoms with E-state index >= 15 is 0 Å². The first-order valence-corrected chi connectivity index (χ1v) is 6.11. The number of benzene rings is 2. The van der Waals surface area contributed by atoms with Crippen LogP contribution in [0.4, 0.5) is 0 Å². The zero-order valence-corrected chi connectivity index (χ0v) is 11.3. The van der Waals surface area contributed by atoms with Crippen molar-refractivity contribution >= 4 is 11.0 Å². The van der Waals surface area contributed by atoms with Crippen LogP contribution in [0.2, 0.25) is 0 Å². The summed E-state index contributed by atoms with van der Waals surface area (Å²) in [5.41, 5.74) is -0.227. The number of rotatable bonds is 2. The average Bonchev–Trinajstić information content (AvgIpc) is 2.51. The van der Waals surface area contributed by atoms with E-state index in [9.17, 15) is 15.0 Å². The van der Waals surface area contributed by atoms with Gasteiger partial charge in [-0.25, -0.2) is 0 Å². The van der Waals surface area contributed by atoms with Crippen LogP contribution in [-0.4, -0.2) is 24.4 Å². The Morgan fingerprint density at radius 1 is 1.10 bits per heavy atom. The number of aromatic hydroxyl groups is 2. The van der Waals surface area contributed by atoms with Gasteiger partial charge in [-0.1, -0.05) is 12.1 Å². The third-order valence-electron chi connectivity index (χ3n) is 3.29. The Morgan fingerprint density at radius 3 is 2.52 bits per heavy atom. The van der Waals surface area contributed by atoms with Crippen molar-refractivity contribution in [2.24, 2.45) is 0 Å². The molecule has 1 aromatic carbocycles. The van der Waals surface area contributed by atoms with Gasteiger partial charge < -0.3 is 24.1 Å². The van der Waals surface area contributed by atoms with Crippen molar-refractivity contribution in [2.75, 3.05) is 14.2 Å². The van der Waals surface area contributed by atoms with E-state index in [1.165, 1.54) is 20.3 Å². The first-order chi connectivity index (χ1) is 10.1. The number of hydrogen-bond acceptors (Lipinski definition) is 6. The van der Waals surface area contributed by atoms with Gasteiger partial charge in [0.15, 0.2) is 17.1 Å². The molecule has 2 N–H and O–H groups in total. The fraction of sp³-hybridized carbons (Fsp3) is 0.133. The molecule has 2 aliphatic rings. The zero-order valence-electron chi connectivity index (χ0n) is 11.3. The molecule has 1 heterocycles. The summed E-state index contributed by atoms with van der Waals surface area (Å²) >= 11 is 0. The number of fused-ring (bicyclic) bond motifs is 2. The summed E-state index contributed by atoms with van der Waals surface area (Å²) in [4.78, 5) is 12.1. The van der Waals surface area contributed by atoms with Crippen molar-refractivity contribution in [3.05, 3.63) is 34.5 Å². The minimum absolute atomic E-state index is 0.0616. The molecule has 0 aromatic heterocycles. The summed E-state index contributed by atoms with van der Waals surface area (Å²) in [7, 11) is 2.73. The van der Waals surface area contributed by atoms with E-state index in [0.717, 1.165) is 0 Å². The molecule has 0 spiro atoms. The highest BCUT2D eigenvalue weighted by molar-refractivity contribution is 5.89. The van der Waals surface area contributed by atoms with E-state index in [0.29, 0.717) is 16.7 Å². The molecule has 0 bridgehead atoms. The fourth-order valence-corrected chi connectivity index (χ4v) is 2.28. The second-order valence-corrected chi connectivity index (χ2v) is 4.43. The standard InChI is InChI=1S/C15H12O6/c1-19-9-5-3-4-7-6-8-10(16)11(17)15(20-2)12(18)14(8)21-13(7)9/h3-6,17-18H,1-2H3. The molecule has 0 radical (unpaired) electrons. The average molecular weight is 288 g/mol. The van der Waals surface area contributed by atoms with Crippen LogP contribution in [0.25, 0.3) is 22.3 Å². The van der Waals surface area contributed by atoms with E-state index in [4.69, 9.17) is 13.9 Å². The lowest BCUT2D eigenvalue weighted by Crippen LogP contribution is -2.07. The predicted octanol–water partition coefficient (Wildman–Crippen LogP) is 2.33. The van der Waals surface area contributed by atoms with Crippen LogP contribution >= 0.6 is 0 Å². The highest BCUT2D eigenvalue weighted by Gasteiger charge is 2.26. The van der Waals surface area contributed by atoms with Gasteiger partial charge in [-0.05, 0) is 12.1 Å². The van der Waals surface area contributed by atoms with Crippen LogP contribution in [0, 0.1) is 0 Å². The molecular weight excluding hydrogens is 276 g/mol. The molecule has 0 saturated carbocycles. The number of para-hydroxylation sites is 1. The van der Waals surface area contributed by atoms with Crippen molar-refractivity contribution in [3.8, 4) is 34.3 Å². The molecule has 0 fully saturated rings. The van der Waals surface area contributed by atoms with Gasteiger partial charge in [0.05, 0.1) is 19.8 Å². The molecule has 3 rings (SSSR count). The van der Waals surface area contributed by atoms with Crippen molar-refractivity contribution in [1.29, 1.82) is 0 Å². The Hall–Kier alpha value is -2.89. The lowest BCUT2D eigenvalue weighted by molar-refractivity contribution is 0.338. The second kappa shape index (κ2) is 4.59. The predicted molar refractivity (Wildman–Crippen MR) is 75.5 cm³/mol. The van der Waals surface area contributed by atoms with Crippen LogP contribution in [0.5, 0.6) is 23.0 Å². The minimum atomic E-state index is -0.673. The first-order valence-electron chi connectivity index (χ1n) is 6.11. The van der Waals surface area contributed by atoms with E-state index in [1.54, 1.807) is 18.2 Å². The molecule has 6 heteroatoms. The van der Waals surface area contributed by atoms with E-state index in [1.807, 2.05) is 0 Å². The van der Waals surface area contributed by atoms with Crippen molar-refractivity contribution in [3.63, 3.8) is 0 Å². The van der Waals surface area contributed by atoms with Crippen molar-refractivity contribution in [1.82, 2.24) is 0 Å².